The molecule has 0 bridgehead atoms. The van der Waals surface area contributed by atoms with Crippen molar-refractivity contribution in [2.75, 3.05) is 26.3 Å². The topological polar surface area (TPSA) is 93.5 Å². The molecular weight excluding hydrogens is 392 g/mol. The van der Waals surface area contributed by atoms with E-state index in [-0.39, 0.29) is 16.8 Å². The van der Waals surface area contributed by atoms with Gasteiger partial charge < -0.3 is 14.6 Å². The number of imidazole rings is 1. The largest absolute Gasteiger partial charge is 0.379 e. The molecule has 2 aromatic rings. The number of hydrogen-bond acceptors (Lipinski definition) is 5. The number of carbonyl (C=O) groups excluding carboxylic acids is 1. The van der Waals surface area contributed by atoms with Crippen molar-refractivity contribution in [2.24, 2.45) is 0 Å². The molecular formula is C20H26N4O4S. The number of nitrogens with zero attached hydrogens (tertiary/aromatic N) is 3. The predicted molar refractivity (Wildman–Crippen MR) is 107 cm³/mol. The Bertz CT molecular complexity index is 996. The van der Waals surface area contributed by atoms with E-state index in [1.807, 2.05) is 23.8 Å². The summed E-state index contributed by atoms with van der Waals surface area (Å²) in [5.41, 5.74) is 2.01. The first-order valence-corrected chi connectivity index (χ1v) is 11.4. The lowest BCUT2D eigenvalue weighted by molar-refractivity contribution is -0.122. The number of hydrogen-bond donors (Lipinski definition) is 1. The smallest absolute Gasteiger partial charge is 0.243 e. The van der Waals surface area contributed by atoms with Crippen molar-refractivity contribution >= 4 is 15.9 Å². The summed E-state index contributed by atoms with van der Waals surface area (Å²) in [6.45, 7) is 4.04. The van der Waals surface area contributed by atoms with Gasteiger partial charge in [-0.1, -0.05) is 6.07 Å². The van der Waals surface area contributed by atoms with E-state index >= 15 is 0 Å². The Morgan fingerprint density at radius 2 is 2.10 bits per heavy atom. The van der Waals surface area contributed by atoms with E-state index in [4.69, 9.17) is 4.74 Å². The van der Waals surface area contributed by atoms with E-state index in [1.165, 1.54) is 4.31 Å². The Labute approximate surface area is 170 Å². The molecule has 29 heavy (non-hydrogen) atoms. The summed E-state index contributed by atoms with van der Waals surface area (Å²) in [4.78, 5) is 16.9. The fraction of sp³-hybridized carbons (Fsp3) is 0.500. The molecule has 1 aliphatic carbocycles. The van der Waals surface area contributed by atoms with Crippen molar-refractivity contribution in [3.05, 3.63) is 47.5 Å². The molecule has 1 N–H and O–H groups in total. The predicted octanol–water partition coefficient (Wildman–Crippen LogP) is 1.41. The maximum Gasteiger partial charge on any atom is 0.243 e. The van der Waals surface area contributed by atoms with Crippen LogP contribution in [0, 0.1) is 6.92 Å². The highest BCUT2D eigenvalue weighted by Gasteiger charge is 2.30. The molecule has 0 radical (unpaired) electrons. The zero-order chi connectivity index (χ0) is 20.4. The molecule has 156 valence electrons. The van der Waals surface area contributed by atoms with Gasteiger partial charge in [0.15, 0.2) is 0 Å². The lowest BCUT2D eigenvalue weighted by Crippen LogP contribution is -2.40. The van der Waals surface area contributed by atoms with Gasteiger partial charge in [0.1, 0.15) is 5.82 Å². The number of fused-ring (bicyclic) bond motifs is 1. The van der Waals surface area contributed by atoms with Crippen LogP contribution in [0.4, 0.5) is 0 Å². The van der Waals surface area contributed by atoms with Crippen molar-refractivity contribution in [3.63, 3.8) is 0 Å². The van der Waals surface area contributed by atoms with E-state index in [1.54, 1.807) is 18.3 Å². The zero-order valence-corrected chi connectivity index (χ0v) is 17.3. The fourth-order valence-corrected chi connectivity index (χ4v) is 5.40. The molecule has 2 aliphatic rings. The van der Waals surface area contributed by atoms with Gasteiger partial charge in [0.25, 0.3) is 0 Å². The minimum atomic E-state index is -3.55. The summed E-state index contributed by atoms with van der Waals surface area (Å²) in [5.74, 6) is 0.833. The van der Waals surface area contributed by atoms with Crippen LogP contribution < -0.4 is 5.32 Å². The molecule has 9 heteroatoms. The maximum atomic E-state index is 13.0. The van der Waals surface area contributed by atoms with Gasteiger partial charge in [-0.3, -0.25) is 4.79 Å². The molecule has 1 aromatic heterocycles. The second-order valence-electron chi connectivity index (χ2n) is 7.45. The van der Waals surface area contributed by atoms with E-state index in [0.29, 0.717) is 39.3 Å². The van der Waals surface area contributed by atoms with E-state index in [0.717, 1.165) is 29.8 Å². The molecule has 1 fully saturated rings. The van der Waals surface area contributed by atoms with E-state index < -0.39 is 10.0 Å². The first kappa shape index (κ1) is 20.1. The standard InChI is InChI=1S/C20H26N4O4S/c1-15-21-7-9-23(15)8-6-20(25)22-19-5-3-16-2-4-17(14-18(16)19)29(26,27)24-10-12-28-13-11-24/h2,4,7,9,14,19H,3,5-6,8,10-13H2,1H3,(H,22,25). The lowest BCUT2D eigenvalue weighted by Gasteiger charge is -2.26. The SMILES string of the molecule is Cc1nccn1CCC(=O)NC1CCc2ccc(S(=O)(=O)N3CCOCC3)cc21. The van der Waals surface area contributed by atoms with Crippen LogP contribution in [0.5, 0.6) is 0 Å². The minimum Gasteiger partial charge on any atom is -0.379 e. The van der Waals surface area contributed by atoms with Crippen molar-refractivity contribution in [1.82, 2.24) is 19.2 Å². The molecule has 2 heterocycles. The Hall–Kier alpha value is -2.23. The Morgan fingerprint density at radius 3 is 2.83 bits per heavy atom. The molecule has 0 saturated carbocycles. The third-order valence-electron chi connectivity index (χ3n) is 5.64. The van der Waals surface area contributed by atoms with Gasteiger partial charge in [0.2, 0.25) is 15.9 Å². The zero-order valence-electron chi connectivity index (χ0n) is 16.5. The van der Waals surface area contributed by atoms with Crippen LogP contribution in [0.25, 0.3) is 0 Å². The van der Waals surface area contributed by atoms with Crippen LogP contribution in [-0.2, 0) is 32.5 Å². The molecule has 1 amide bonds. The average Bonchev–Trinajstić information content (AvgIpc) is 3.32. The highest BCUT2D eigenvalue weighted by atomic mass is 32.2. The molecule has 8 nitrogen and oxygen atoms in total. The number of morpholine rings is 1. The first-order chi connectivity index (χ1) is 13.9. The Kier molecular flexibility index (Phi) is 5.71. The fourth-order valence-electron chi connectivity index (χ4n) is 3.96. The van der Waals surface area contributed by atoms with Gasteiger partial charge in [-0.25, -0.2) is 13.4 Å². The van der Waals surface area contributed by atoms with Crippen LogP contribution in [0.3, 0.4) is 0 Å². The number of amides is 1. The van der Waals surface area contributed by atoms with Gasteiger partial charge in [-0.2, -0.15) is 4.31 Å². The van der Waals surface area contributed by atoms with E-state index in [9.17, 15) is 13.2 Å². The molecule has 1 aromatic carbocycles. The summed E-state index contributed by atoms with van der Waals surface area (Å²) < 4.78 is 34.6. The number of aryl methyl sites for hydroxylation is 3. The quantitative estimate of drug-likeness (QED) is 0.766. The Balaban J connectivity index is 1.45. The van der Waals surface area contributed by atoms with Gasteiger partial charge >= 0.3 is 0 Å². The second kappa shape index (κ2) is 8.25. The molecule has 1 atom stereocenters. The van der Waals surface area contributed by atoms with Crippen LogP contribution in [0.1, 0.15) is 35.8 Å². The van der Waals surface area contributed by atoms with Gasteiger partial charge in [0.05, 0.1) is 24.2 Å². The summed E-state index contributed by atoms with van der Waals surface area (Å²) in [7, 11) is -3.55. The van der Waals surface area contributed by atoms with Crippen molar-refractivity contribution in [3.8, 4) is 0 Å². The summed E-state index contributed by atoms with van der Waals surface area (Å²) in [6, 6.07) is 5.14. The number of nitrogens with one attached hydrogen (secondary N) is 1. The van der Waals surface area contributed by atoms with Gasteiger partial charge in [0, 0.05) is 38.4 Å². The molecule has 1 aliphatic heterocycles. The summed E-state index contributed by atoms with van der Waals surface area (Å²) in [5, 5.41) is 3.07. The van der Waals surface area contributed by atoms with Crippen LogP contribution in [0.2, 0.25) is 0 Å². The number of aromatic nitrogens is 2. The minimum absolute atomic E-state index is 0.0441. The average molecular weight is 419 g/mol. The maximum absolute atomic E-state index is 13.0. The highest BCUT2D eigenvalue weighted by Crippen LogP contribution is 2.33. The van der Waals surface area contributed by atoms with Gasteiger partial charge in [-0.05, 0) is 43.0 Å². The van der Waals surface area contributed by atoms with Crippen molar-refractivity contribution in [2.45, 2.75) is 43.7 Å². The monoisotopic (exact) mass is 418 g/mol. The first-order valence-electron chi connectivity index (χ1n) is 9.93. The molecule has 0 spiro atoms. The molecule has 1 unspecified atom stereocenters. The van der Waals surface area contributed by atoms with Crippen molar-refractivity contribution in [1.29, 1.82) is 0 Å². The molecule has 1 saturated heterocycles. The highest BCUT2D eigenvalue weighted by molar-refractivity contribution is 7.89. The number of sulfonamides is 1. The van der Waals surface area contributed by atoms with E-state index in [2.05, 4.69) is 10.3 Å². The summed E-state index contributed by atoms with van der Waals surface area (Å²) in [6.07, 6.45) is 5.55. The van der Waals surface area contributed by atoms with Crippen LogP contribution >= 0.6 is 0 Å². The van der Waals surface area contributed by atoms with Crippen molar-refractivity contribution < 1.29 is 17.9 Å². The van der Waals surface area contributed by atoms with Crippen LogP contribution in [-0.4, -0.2) is 54.5 Å². The number of rotatable bonds is 6. The van der Waals surface area contributed by atoms with Gasteiger partial charge in [-0.15, -0.1) is 0 Å². The number of ether oxygens (including phenoxy) is 1. The third-order valence-corrected chi connectivity index (χ3v) is 7.54. The number of carbonyl (C=O) groups is 1. The second-order valence-corrected chi connectivity index (χ2v) is 9.39. The number of benzene rings is 1. The van der Waals surface area contributed by atoms with Crippen LogP contribution in [0.15, 0.2) is 35.5 Å². The summed E-state index contributed by atoms with van der Waals surface area (Å²) >= 11 is 0. The molecule has 4 rings (SSSR count). The Morgan fingerprint density at radius 1 is 1.31 bits per heavy atom. The third kappa shape index (κ3) is 4.22. The normalized spacial score (nSPS) is 19.8. The lowest BCUT2D eigenvalue weighted by atomic mass is 10.1.